The maximum absolute atomic E-state index is 13.6. The Morgan fingerprint density at radius 1 is 1.21 bits per heavy atom. The van der Waals surface area contributed by atoms with Crippen molar-refractivity contribution in [1.29, 1.82) is 0 Å². The Morgan fingerprint density at radius 2 is 1.97 bits per heavy atom. The molecule has 0 bridgehead atoms. The highest BCUT2D eigenvalue weighted by Gasteiger charge is 2.35. The highest BCUT2D eigenvalue weighted by atomic mass is 35.5. The molecule has 1 aliphatic heterocycles. The van der Waals surface area contributed by atoms with E-state index in [2.05, 4.69) is 21.5 Å². The van der Waals surface area contributed by atoms with Gasteiger partial charge in [-0.1, -0.05) is 48.5 Å². The average molecular weight is 556 g/mol. The monoisotopic (exact) mass is 555 g/mol. The van der Waals surface area contributed by atoms with Crippen LogP contribution < -0.4 is 9.64 Å². The maximum Gasteiger partial charge on any atom is 0.319 e. The third-order valence-corrected chi connectivity index (χ3v) is 6.98. The number of benzene rings is 2. The van der Waals surface area contributed by atoms with E-state index < -0.39 is 30.6 Å². The number of ether oxygens (including phenoxy) is 1. The van der Waals surface area contributed by atoms with Gasteiger partial charge in [0.25, 0.3) is 5.91 Å². The predicted molar refractivity (Wildman–Crippen MR) is 145 cm³/mol. The highest BCUT2D eigenvalue weighted by Crippen LogP contribution is 2.36. The Labute approximate surface area is 227 Å². The molecule has 0 aliphatic carbocycles. The summed E-state index contributed by atoms with van der Waals surface area (Å²) in [5, 5.41) is 2.47. The standard InChI is InChI=1S/C28H25ClF3N5O2/c1-3-39-28-34-22-12-18(20-8-4-6-17-7-5-9-21(29)24(17)20)14-33-25(22)26(35-28)36-10-11-37(27(38)16(2)30)19(15-36)13-23(31)32/h4-9,12,14,19,23H,2-3,10-11,13,15H2,1H3/t19-/m0/s1. The molecule has 0 radical (unpaired) electrons. The number of rotatable bonds is 7. The fourth-order valence-corrected chi connectivity index (χ4v) is 5.24. The van der Waals surface area contributed by atoms with Crippen molar-refractivity contribution in [1.82, 2.24) is 19.9 Å². The molecule has 7 nitrogen and oxygen atoms in total. The molecule has 11 heteroatoms. The molecule has 2 aromatic carbocycles. The van der Waals surface area contributed by atoms with Crippen molar-refractivity contribution in [2.45, 2.75) is 25.8 Å². The molecule has 0 N–H and O–H groups in total. The summed E-state index contributed by atoms with van der Waals surface area (Å²) in [7, 11) is 0. The first kappa shape index (κ1) is 26.7. The molecule has 5 rings (SSSR count). The highest BCUT2D eigenvalue weighted by molar-refractivity contribution is 6.36. The van der Waals surface area contributed by atoms with Gasteiger partial charge >= 0.3 is 6.01 Å². The molecule has 202 valence electrons. The number of hydrogen-bond acceptors (Lipinski definition) is 6. The summed E-state index contributed by atoms with van der Waals surface area (Å²) in [5.74, 6) is -1.78. The van der Waals surface area contributed by atoms with Crippen molar-refractivity contribution < 1.29 is 22.7 Å². The van der Waals surface area contributed by atoms with Gasteiger partial charge in [0.1, 0.15) is 5.52 Å². The number of piperazine rings is 1. The molecule has 4 aromatic rings. The molecule has 0 saturated carbocycles. The van der Waals surface area contributed by atoms with Crippen LogP contribution in [0.1, 0.15) is 13.3 Å². The van der Waals surface area contributed by atoms with Crippen LogP contribution in [0.5, 0.6) is 6.01 Å². The topological polar surface area (TPSA) is 71.5 Å². The summed E-state index contributed by atoms with van der Waals surface area (Å²) in [6, 6.07) is 12.6. The zero-order chi connectivity index (χ0) is 27.7. The number of pyridine rings is 1. The molecule has 1 fully saturated rings. The van der Waals surface area contributed by atoms with Crippen LogP contribution in [0.2, 0.25) is 5.02 Å². The molecule has 1 amide bonds. The Hall–Kier alpha value is -3.92. The molecule has 1 saturated heterocycles. The third-order valence-electron chi connectivity index (χ3n) is 6.66. The lowest BCUT2D eigenvalue weighted by Crippen LogP contribution is -2.56. The SMILES string of the molecule is C=C(F)C(=O)N1CCN(c2nc(OCC)nc3cc(-c4cccc5cccc(Cl)c45)cnc23)C[C@@H]1CC(F)F. The number of carbonyl (C=O) groups excluding carboxylic acids is 1. The Kier molecular flexibility index (Phi) is 7.56. The maximum atomic E-state index is 13.6. The van der Waals surface area contributed by atoms with Gasteiger partial charge in [-0.2, -0.15) is 9.97 Å². The van der Waals surface area contributed by atoms with E-state index in [0.29, 0.717) is 28.5 Å². The minimum atomic E-state index is -2.69. The summed E-state index contributed by atoms with van der Waals surface area (Å²) in [6.45, 7) is 5.39. The zero-order valence-electron chi connectivity index (χ0n) is 21.1. The Bertz CT molecular complexity index is 1560. The molecule has 39 heavy (non-hydrogen) atoms. The Morgan fingerprint density at radius 3 is 2.69 bits per heavy atom. The molecule has 0 unspecified atom stereocenters. The predicted octanol–water partition coefficient (Wildman–Crippen LogP) is 6.05. The molecular formula is C28H25ClF3N5O2. The van der Waals surface area contributed by atoms with Crippen LogP contribution in [-0.4, -0.2) is 64.5 Å². The minimum absolute atomic E-state index is 0.00337. The second-order valence-corrected chi connectivity index (χ2v) is 9.54. The molecular weight excluding hydrogens is 531 g/mol. The van der Waals surface area contributed by atoms with E-state index in [0.717, 1.165) is 26.8 Å². The number of fused-ring (bicyclic) bond motifs is 2. The van der Waals surface area contributed by atoms with Crippen molar-refractivity contribution in [3.63, 3.8) is 0 Å². The van der Waals surface area contributed by atoms with Crippen LogP contribution >= 0.6 is 11.6 Å². The second-order valence-electron chi connectivity index (χ2n) is 9.13. The van der Waals surface area contributed by atoms with Crippen LogP contribution in [0.25, 0.3) is 32.9 Å². The van der Waals surface area contributed by atoms with Gasteiger partial charge < -0.3 is 14.5 Å². The quantitative estimate of drug-likeness (QED) is 0.258. The van der Waals surface area contributed by atoms with Crippen LogP contribution in [0, 0.1) is 0 Å². The number of aromatic nitrogens is 3. The zero-order valence-corrected chi connectivity index (χ0v) is 21.8. The number of hydrogen-bond donors (Lipinski definition) is 0. The van der Waals surface area contributed by atoms with Crippen LogP contribution in [-0.2, 0) is 4.79 Å². The van der Waals surface area contributed by atoms with Crippen LogP contribution in [0.3, 0.4) is 0 Å². The fourth-order valence-electron chi connectivity index (χ4n) is 4.96. The summed E-state index contributed by atoms with van der Waals surface area (Å²) in [5.41, 5.74) is 2.59. The normalized spacial score (nSPS) is 15.8. The van der Waals surface area contributed by atoms with E-state index in [1.807, 2.05) is 42.5 Å². The van der Waals surface area contributed by atoms with Gasteiger partial charge in [-0.3, -0.25) is 9.78 Å². The summed E-state index contributed by atoms with van der Waals surface area (Å²) in [6.07, 6.45) is -1.61. The van der Waals surface area contributed by atoms with Gasteiger partial charge in [0.05, 0.1) is 18.2 Å². The van der Waals surface area contributed by atoms with Crippen molar-refractivity contribution in [2.24, 2.45) is 0 Å². The van der Waals surface area contributed by atoms with E-state index in [-0.39, 0.29) is 25.6 Å². The molecule has 1 atom stereocenters. The largest absolute Gasteiger partial charge is 0.464 e. The van der Waals surface area contributed by atoms with Gasteiger partial charge in [0, 0.05) is 48.2 Å². The van der Waals surface area contributed by atoms with Crippen molar-refractivity contribution in [3.05, 3.63) is 66.1 Å². The summed E-state index contributed by atoms with van der Waals surface area (Å²) < 4.78 is 46.1. The van der Waals surface area contributed by atoms with Crippen LogP contribution in [0.4, 0.5) is 19.0 Å². The van der Waals surface area contributed by atoms with E-state index in [9.17, 15) is 18.0 Å². The number of carbonyl (C=O) groups is 1. The number of anilines is 1. The van der Waals surface area contributed by atoms with E-state index in [1.165, 1.54) is 0 Å². The lowest BCUT2D eigenvalue weighted by molar-refractivity contribution is -0.132. The summed E-state index contributed by atoms with van der Waals surface area (Å²) >= 11 is 6.54. The van der Waals surface area contributed by atoms with E-state index in [1.54, 1.807) is 18.0 Å². The number of amides is 1. The van der Waals surface area contributed by atoms with Gasteiger partial charge in [0.2, 0.25) is 6.43 Å². The van der Waals surface area contributed by atoms with Gasteiger partial charge in [0.15, 0.2) is 11.6 Å². The second kappa shape index (κ2) is 11.1. The molecule has 2 aromatic heterocycles. The van der Waals surface area contributed by atoms with Crippen molar-refractivity contribution in [2.75, 3.05) is 31.1 Å². The van der Waals surface area contributed by atoms with Gasteiger partial charge in [-0.25, -0.2) is 13.2 Å². The average Bonchev–Trinajstić information content (AvgIpc) is 2.91. The summed E-state index contributed by atoms with van der Waals surface area (Å²) in [4.78, 5) is 28.9. The number of nitrogens with zero attached hydrogens (tertiary/aromatic N) is 5. The molecule has 1 aliphatic rings. The van der Waals surface area contributed by atoms with Crippen molar-refractivity contribution in [3.8, 4) is 17.1 Å². The minimum Gasteiger partial charge on any atom is -0.464 e. The number of alkyl halides is 2. The van der Waals surface area contributed by atoms with E-state index in [4.69, 9.17) is 16.3 Å². The lowest BCUT2D eigenvalue weighted by Gasteiger charge is -2.41. The Balaban J connectivity index is 1.58. The third kappa shape index (κ3) is 5.34. The van der Waals surface area contributed by atoms with Gasteiger partial charge in [-0.05, 0) is 30.0 Å². The molecule has 3 heterocycles. The first-order chi connectivity index (χ1) is 18.8. The number of halogens is 4. The first-order valence-corrected chi connectivity index (χ1v) is 12.8. The van der Waals surface area contributed by atoms with E-state index >= 15 is 0 Å². The smallest absolute Gasteiger partial charge is 0.319 e. The van der Waals surface area contributed by atoms with Crippen molar-refractivity contribution >= 4 is 45.1 Å². The lowest BCUT2D eigenvalue weighted by atomic mass is 9.99. The first-order valence-electron chi connectivity index (χ1n) is 12.4. The molecule has 0 spiro atoms. The van der Waals surface area contributed by atoms with Crippen LogP contribution in [0.15, 0.2) is 61.1 Å². The van der Waals surface area contributed by atoms with Gasteiger partial charge in [-0.15, -0.1) is 0 Å². The fraction of sp³-hybridized carbons (Fsp3) is 0.286.